The Bertz CT molecular complexity index is 560. The highest BCUT2D eigenvalue weighted by atomic mass is 15.3. The van der Waals surface area contributed by atoms with Crippen LogP contribution >= 0.6 is 0 Å². The van der Waals surface area contributed by atoms with E-state index >= 15 is 0 Å². The molecule has 1 unspecified atom stereocenters. The van der Waals surface area contributed by atoms with Crippen LogP contribution in [-0.4, -0.2) is 34.2 Å². The van der Waals surface area contributed by atoms with Crippen molar-refractivity contribution in [2.24, 2.45) is 11.7 Å². The lowest BCUT2D eigenvalue weighted by Gasteiger charge is -2.33. The molecule has 2 aromatic rings. The van der Waals surface area contributed by atoms with Crippen molar-refractivity contribution in [2.45, 2.75) is 26.2 Å². The van der Waals surface area contributed by atoms with E-state index in [-0.39, 0.29) is 0 Å². The molecule has 2 aromatic heterocycles. The highest BCUT2D eigenvalue weighted by Crippen LogP contribution is 2.26. The van der Waals surface area contributed by atoms with Crippen molar-refractivity contribution in [3.8, 4) is 0 Å². The Morgan fingerprint density at radius 2 is 2.37 bits per heavy atom. The number of hydrogen-bond donors (Lipinski definition) is 1. The van der Waals surface area contributed by atoms with Crippen molar-refractivity contribution in [1.82, 2.24) is 14.6 Å². The van der Waals surface area contributed by atoms with Gasteiger partial charge in [0.25, 0.3) is 0 Å². The molecule has 0 aromatic carbocycles. The maximum Gasteiger partial charge on any atom is 0.154 e. The van der Waals surface area contributed by atoms with E-state index in [4.69, 9.17) is 5.73 Å². The van der Waals surface area contributed by atoms with Gasteiger partial charge >= 0.3 is 0 Å². The van der Waals surface area contributed by atoms with Crippen LogP contribution < -0.4 is 10.6 Å². The van der Waals surface area contributed by atoms with Gasteiger partial charge in [-0.25, -0.2) is 9.50 Å². The number of aryl methyl sites for hydroxylation is 1. The molecule has 3 heterocycles. The van der Waals surface area contributed by atoms with Crippen molar-refractivity contribution < 1.29 is 0 Å². The van der Waals surface area contributed by atoms with Gasteiger partial charge in [0.15, 0.2) is 5.82 Å². The molecule has 3 rings (SSSR count). The molecule has 2 N–H and O–H groups in total. The summed E-state index contributed by atoms with van der Waals surface area (Å²) in [5.74, 6) is 1.76. The van der Waals surface area contributed by atoms with E-state index in [1.807, 2.05) is 23.8 Å². The Kier molecular flexibility index (Phi) is 3.38. The summed E-state index contributed by atoms with van der Waals surface area (Å²) in [4.78, 5) is 6.96. The zero-order chi connectivity index (χ0) is 13.2. The first-order chi connectivity index (χ1) is 9.28. The average molecular weight is 259 g/mol. The number of nitrogens with two attached hydrogens (primary N) is 1. The lowest BCUT2D eigenvalue weighted by atomic mass is 9.95. The van der Waals surface area contributed by atoms with E-state index in [2.05, 4.69) is 21.0 Å². The molecule has 1 fully saturated rings. The van der Waals surface area contributed by atoms with Crippen LogP contribution in [0.4, 0.5) is 5.82 Å². The molecular weight excluding hydrogens is 238 g/mol. The molecule has 102 valence electrons. The minimum Gasteiger partial charge on any atom is -0.355 e. The molecule has 0 aliphatic carbocycles. The van der Waals surface area contributed by atoms with Crippen molar-refractivity contribution in [2.75, 3.05) is 24.5 Å². The molecule has 1 aliphatic heterocycles. The van der Waals surface area contributed by atoms with Gasteiger partial charge in [-0.3, -0.25) is 0 Å². The molecule has 5 nitrogen and oxygen atoms in total. The van der Waals surface area contributed by atoms with Crippen LogP contribution in [-0.2, 0) is 0 Å². The average Bonchev–Trinajstić information content (AvgIpc) is 2.79. The summed E-state index contributed by atoms with van der Waals surface area (Å²) >= 11 is 0. The van der Waals surface area contributed by atoms with Gasteiger partial charge in [0.2, 0.25) is 0 Å². The van der Waals surface area contributed by atoms with Gasteiger partial charge in [-0.1, -0.05) is 0 Å². The Morgan fingerprint density at radius 1 is 1.47 bits per heavy atom. The quantitative estimate of drug-likeness (QED) is 0.909. The maximum atomic E-state index is 5.69. The molecule has 1 saturated heterocycles. The van der Waals surface area contributed by atoms with Gasteiger partial charge in [0.1, 0.15) is 5.52 Å². The molecule has 1 aliphatic rings. The molecular formula is C14H21N5. The number of nitrogens with zero attached hydrogens (tertiary/aromatic N) is 4. The van der Waals surface area contributed by atoms with Crippen molar-refractivity contribution in [3.63, 3.8) is 0 Å². The molecule has 0 spiro atoms. The SMILES string of the molecule is Cc1cc2c(N3CCCC(CCN)C3)nccn2n1. The van der Waals surface area contributed by atoms with E-state index in [1.165, 1.54) is 12.8 Å². The molecule has 0 radical (unpaired) electrons. The van der Waals surface area contributed by atoms with Gasteiger partial charge in [-0.2, -0.15) is 5.10 Å². The third-order valence-electron chi connectivity index (χ3n) is 3.89. The monoisotopic (exact) mass is 259 g/mol. The highest BCUT2D eigenvalue weighted by molar-refractivity contribution is 5.69. The first kappa shape index (κ1) is 12.4. The first-order valence-corrected chi connectivity index (χ1v) is 7.04. The minimum atomic E-state index is 0.699. The molecule has 0 saturated carbocycles. The van der Waals surface area contributed by atoms with Crippen LogP contribution in [0.15, 0.2) is 18.5 Å². The maximum absolute atomic E-state index is 5.69. The summed E-state index contributed by atoms with van der Waals surface area (Å²) in [6, 6.07) is 2.11. The lowest BCUT2D eigenvalue weighted by Crippen LogP contribution is -2.37. The number of rotatable bonds is 3. The second-order valence-corrected chi connectivity index (χ2v) is 5.40. The third-order valence-corrected chi connectivity index (χ3v) is 3.89. The number of piperidine rings is 1. The third kappa shape index (κ3) is 2.42. The van der Waals surface area contributed by atoms with Gasteiger partial charge in [-0.05, 0) is 44.7 Å². The second-order valence-electron chi connectivity index (χ2n) is 5.40. The Hall–Kier alpha value is -1.62. The largest absolute Gasteiger partial charge is 0.355 e. The molecule has 0 amide bonds. The fourth-order valence-electron chi connectivity index (χ4n) is 3.00. The van der Waals surface area contributed by atoms with E-state index in [0.29, 0.717) is 5.92 Å². The first-order valence-electron chi connectivity index (χ1n) is 7.04. The smallest absolute Gasteiger partial charge is 0.154 e. The lowest BCUT2D eigenvalue weighted by molar-refractivity contribution is 0.395. The van der Waals surface area contributed by atoms with Crippen molar-refractivity contribution >= 4 is 11.3 Å². The Morgan fingerprint density at radius 3 is 3.21 bits per heavy atom. The van der Waals surface area contributed by atoms with E-state index in [9.17, 15) is 0 Å². The summed E-state index contributed by atoms with van der Waals surface area (Å²) in [5.41, 5.74) is 7.83. The van der Waals surface area contributed by atoms with E-state index in [0.717, 1.165) is 43.1 Å². The van der Waals surface area contributed by atoms with Crippen LogP contribution in [0, 0.1) is 12.8 Å². The van der Waals surface area contributed by atoms with Crippen LogP contribution in [0.2, 0.25) is 0 Å². The van der Waals surface area contributed by atoms with Gasteiger partial charge in [0, 0.05) is 25.5 Å². The van der Waals surface area contributed by atoms with Crippen LogP contribution in [0.25, 0.3) is 5.52 Å². The fraction of sp³-hybridized carbons (Fsp3) is 0.571. The van der Waals surface area contributed by atoms with E-state index in [1.54, 1.807) is 0 Å². The van der Waals surface area contributed by atoms with Gasteiger partial charge in [0.05, 0.1) is 5.69 Å². The van der Waals surface area contributed by atoms with Gasteiger partial charge < -0.3 is 10.6 Å². The summed E-state index contributed by atoms with van der Waals surface area (Å²) in [6.45, 7) is 4.94. The zero-order valence-corrected chi connectivity index (χ0v) is 11.4. The number of anilines is 1. The number of hydrogen-bond acceptors (Lipinski definition) is 4. The number of fused-ring (bicyclic) bond motifs is 1. The summed E-state index contributed by atoms with van der Waals surface area (Å²) in [5, 5.41) is 4.45. The Labute approximate surface area is 113 Å². The number of aromatic nitrogens is 3. The summed E-state index contributed by atoms with van der Waals surface area (Å²) in [7, 11) is 0. The van der Waals surface area contributed by atoms with Crippen molar-refractivity contribution in [1.29, 1.82) is 0 Å². The summed E-state index contributed by atoms with van der Waals surface area (Å²) in [6.07, 6.45) is 7.36. The molecule has 0 bridgehead atoms. The van der Waals surface area contributed by atoms with Gasteiger partial charge in [-0.15, -0.1) is 0 Å². The van der Waals surface area contributed by atoms with Crippen molar-refractivity contribution in [3.05, 3.63) is 24.2 Å². The standard InChI is InChI=1S/C14H21N5/c1-11-9-13-14(16-6-8-19(13)17-11)18-7-2-3-12(10-18)4-5-15/h6,8-9,12H,2-5,7,10,15H2,1H3. The molecule has 5 heteroatoms. The summed E-state index contributed by atoms with van der Waals surface area (Å²) < 4.78 is 1.92. The zero-order valence-electron chi connectivity index (χ0n) is 11.4. The van der Waals surface area contributed by atoms with Crippen LogP contribution in [0.3, 0.4) is 0 Å². The second kappa shape index (κ2) is 5.17. The minimum absolute atomic E-state index is 0.699. The Balaban J connectivity index is 1.90. The molecule has 19 heavy (non-hydrogen) atoms. The predicted octanol–water partition coefficient (Wildman–Crippen LogP) is 1.60. The molecule has 1 atom stereocenters. The predicted molar refractivity (Wildman–Crippen MR) is 76.3 cm³/mol. The highest BCUT2D eigenvalue weighted by Gasteiger charge is 2.22. The normalized spacial score (nSPS) is 20.1. The fourth-order valence-corrected chi connectivity index (χ4v) is 3.00. The topological polar surface area (TPSA) is 59.5 Å². The van der Waals surface area contributed by atoms with Crippen LogP contribution in [0.1, 0.15) is 25.0 Å². The van der Waals surface area contributed by atoms with Crippen LogP contribution in [0.5, 0.6) is 0 Å². The van der Waals surface area contributed by atoms with E-state index < -0.39 is 0 Å².